The lowest BCUT2D eigenvalue weighted by Crippen LogP contribution is -2.28. The maximum Gasteiger partial charge on any atom is 0.113 e. The van der Waals surface area contributed by atoms with Crippen molar-refractivity contribution in [3.8, 4) is 0 Å². The summed E-state index contributed by atoms with van der Waals surface area (Å²) in [5.41, 5.74) is 4.34. The van der Waals surface area contributed by atoms with Crippen molar-refractivity contribution in [1.29, 1.82) is 0 Å². The van der Waals surface area contributed by atoms with Crippen LogP contribution in [-0.4, -0.2) is 34.7 Å². The van der Waals surface area contributed by atoms with Crippen molar-refractivity contribution >= 4 is 6.21 Å². The van der Waals surface area contributed by atoms with Gasteiger partial charge in [0.1, 0.15) is 18.3 Å². The fraction of sp³-hybridized carbons (Fsp3) is 0.381. The second kappa shape index (κ2) is 8.90. The predicted octanol–water partition coefficient (Wildman–Crippen LogP) is 3.74. The fourth-order valence-corrected chi connectivity index (χ4v) is 2.93. The van der Waals surface area contributed by atoms with Crippen LogP contribution in [0.5, 0.6) is 0 Å². The Hall–Kier alpha value is -2.01. The Balaban J connectivity index is 0.000000186. The van der Waals surface area contributed by atoms with Crippen LogP contribution in [0.15, 0.2) is 70.9 Å². The van der Waals surface area contributed by atoms with Gasteiger partial charge in [0.15, 0.2) is 0 Å². The van der Waals surface area contributed by atoms with E-state index in [9.17, 15) is 10.2 Å². The summed E-state index contributed by atoms with van der Waals surface area (Å²) in [6.07, 6.45) is 4.65. The number of ether oxygens (including phenoxy) is 1. The van der Waals surface area contributed by atoms with Crippen LogP contribution in [0.25, 0.3) is 0 Å². The molecule has 2 aliphatic rings. The molecule has 3 rings (SSSR count). The van der Waals surface area contributed by atoms with Crippen LogP contribution in [-0.2, 0) is 4.74 Å². The van der Waals surface area contributed by atoms with Gasteiger partial charge in [-0.1, -0.05) is 49.1 Å². The molecule has 0 unspecified atom stereocenters. The number of hydrogen-bond acceptors (Lipinski definition) is 4. The molecule has 0 amide bonds. The first-order valence-electron chi connectivity index (χ1n) is 8.56. The van der Waals surface area contributed by atoms with Crippen molar-refractivity contribution in [2.24, 2.45) is 4.99 Å². The lowest BCUT2D eigenvalue weighted by atomic mass is 10.0. The number of aliphatic hydroxyl groups excluding tert-OH is 2. The summed E-state index contributed by atoms with van der Waals surface area (Å²) >= 11 is 0. The third-order valence-corrected chi connectivity index (χ3v) is 4.28. The number of nitrogens with zero attached hydrogens (tertiary/aromatic N) is 1. The molecule has 0 radical (unpaired) electrons. The Morgan fingerprint density at radius 2 is 1.92 bits per heavy atom. The van der Waals surface area contributed by atoms with E-state index in [1.165, 1.54) is 5.57 Å². The first kappa shape index (κ1) is 19.3. The van der Waals surface area contributed by atoms with E-state index < -0.39 is 18.3 Å². The molecule has 2 N–H and O–H groups in total. The molecule has 1 aliphatic heterocycles. The topological polar surface area (TPSA) is 62.0 Å². The molecule has 1 aromatic carbocycles. The first-order valence-corrected chi connectivity index (χ1v) is 8.56. The van der Waals surface area contributed by atoms with E-state index in [2.05, 4.69) is 23.7 Å². The van der Waals surface area contributed by atoms with Gasteiger partial charge in [-0.2, -0.15) is 0 Å². The Kier molecular flexibility index (Phi) is 6.88. The molecule has 4 heteroatoms. The second-order valence-electron chi connectivity index (χ2n) is 6.29. The van der Waals surface area contributed by atoms with Gasteiger partial charge in [0.05, 0.1) is 11.8 Å². The molecule has 1 aromatic rings. The zero-order valence-corrected chi connectivity index (χ0v) is 15.1. The summed E-state index contributed by atoms with van der Waals surface area (Å²) in [5, 5.41) is 19.2. The number of hydrogen-bond donors (Lipinski definition) is 2. The average molecular weight is 341 g/mol. The quantitative estimate of drug-likeness (QED) is 0.824. The number of aliphatic imine (C=N–C) groups is 1. The SMILES string of the molecule is C=C(C)C1=C(N=CC)CC=C1.C[C@@H]1O[C@@H](c2ccccc2)[C@@H](O)[C@H]1O. The Labute approximate surface area is 149 Å². The molecule has 1 saturated heterocycles. The van der Waals surface area contributed by atoms with Gasteiger partial charge in [0.25, 0.3) is 0 Å². The predicted molar refractivity (Wildman–Crippen MR) is 102 cm³/mol. The summed E-state index contributed by atoms with van der Waals surface area (Å²) in [6.45, 7) is 9.59. The molecular weight excluding hydrogens is 314 g/mol. The van der Waals surface area contributed by atoms with Crippen LogP contribution in [0.2, 0.25) is 0 Å². The maximum absolute atomic E-state index is 9.71. The second-order valence-corrected chi connectivity index (χ2v) is 6.29. The van der Waals surface area contributed by atoms with Crippen LogP contribution in [0.4, 0.5) is 0 Å². The van der Waals surface area contributed by atoms with Crippen LogP contribution < -0.4 is 0 Å². The standard InChI is InChI=1S/C11H14O3.C10H13N/c1-7-9(12)10(13)11(14-7)8-5-3-2-4-6-8;1-4-11-10-7-5-6-9(10)8(2)3/h2-7,9-13H,1H3;4-6H,2,7H2,1,3H3/t7-,9-,10-,11-;/m0./s1. The highest BCUT2D eigenvalue weighted by Crippen LogP contribution is 2.32. The van der Waals surface area contributed by atoms with Crippen molar-refractivity contribution < 1.29 is 14.9 Å². The van der Waals surface area contributed by atoms with E-state index in [1.807, 2.05) is 50.4 Å². The van der Waals surface area contributed by atoms with E-state index in [0.717, 1.165) is 23.3 Å². The van der Waals surface area contributed by atoms with E-state index in [1.54, 1.807) is 6.92 Å². The van der Waals surface area contributed by atoms with E-state index >= 15 is 0 Å². The number of benzene rings is 1. The van der Waals surface area contributed by atoms with E-state index in [-0.39, 0.29) is 6.10 Å². The molecule has 0 saturated carbocycles. The number of allylic oxidation sites excluding steroid dienone is 4. The molecule has 134 valence electrons. The summed E-state index contributed by atoms with van der Waals surface area (Å²) in [6, 6.07) is 9.46. The minimum absolute atomic E-state index is 0.310. The molecule has 0 aromatic heterocycles. The van der Waals surface area contributed by atoms with Gasteiger partial charge >= 0.3 is 0 Å². The van der Waals surface area contributed by atoms with Gasteiger partial charge in [-0.3, -0.25) is 4.99 Å². The molecule has 1 aliphatic carbocycles. The molecule has 4 atom stereocenters. The van der Waals surface area contributed by atoms with Gasteiger partial charge in [0.2, 0.25) is 0 Å². The summed E-state index contributed by atoms with van der Waals surface area (Å²) < 4.78 is 5.47. The molecule has 0 spiro atoms. The zero-order valence-electron chi connectivity index (χ0n) is 15.1. The monoisotopic (exact) mass is 341 g/mol. The number of rotatable bonds is 3. The minimum Gasteiger partial charge on any atom is -0.388 e. The highest BCUT2D eigenvalue weighted by molar-refractivity contribution is 5.58. The fourth-order valence-electron chi connectivity index (χ4n) is 2.93. The third-order valence-electron chi connectivity index (χ3n) is 4.28. The van der Waals surface area contributed by atoms with Gasteiger partial charge < -0.3 is 14.9 Å². The Morgan fingerprint density at radius 1 is 1.24 bits per heavy atom. The number of aliphatic hydroxyl groups is 2. The van der Waals surface area contributed by atoms with Crippen LogP contribution in [0.1, 0.15) is 38.9 Å². The van der Waals surface area contributed by atoms with Gasteiger partial charge in [-0.15, -0.1) is 0 Å². The highest BCUT2D eigenvalue weighted by atomic mass is 16.5. The molecule has 1 fully saturated rings. The average Bonchev–Trinajstić information content (AvgIpc) is 3.17. The van der Waals surface area contributed by atoms with Crippen molar-refractivity contribution in [3.05, 3.63) is 71.5 Å². The normalized spacial score (nSPS) is 28.4. The Morgan fingerprint density at radius 3 is 2.44 bits per heavy atom. The third kappa shape index (κ3) is 4.75. The summed E-state index contributed by atoms with van der Waals surface area (Å²) in [4.78, 5) is 4.26. The van der Waals surface area contributed by atoms with Crippen LogP contribution in [0, 0.1) is 0 Å². The largest absolute Gasteiger partial charge is 0.388 e. The van der Waals surface area contributed by atoms with Crippen molar-refractivity contribution in [3.63, 3.8) is 0 Å². The molecular formula is C21H27NO3. The highest BCUT2D eigenvalue weighted by Gasteiger charge is 2.40. The molecule has 25 heavy (non-hydrogen) atoms. The van der Waals surface area contributed by atoms with Crippen molar-refractivity contribution in [1.82, 2.24) is 0 Å². The zero-order chi connectivity index (χ0) is 18.4. The molecule has 1 heterocycles. The lowest BCUT2D eigenvalue weighted by molar-refractivity contribution is 0.0151. The smallest absolute Gasteiger partial charge is 0.113 e. The van der Waals surface area contributed by atoms with Crippen LogP contribution >= 0.6 is 0 Å². The Bertz CT molecular complexity index is 676. The molecule has 4 nitrogen and oxygen atoms in total. The first-order chi connectivity index (χ1) is 12.0. The lowest BCUT2D eigenvalue weighted by Gasteiger charge is -2.14. The van der Waals surface area contributed by atoms with Crippen molar-refractivity contribution in [2.45, 2.75) is 51.6 Å². The minimum atomic E-state index is -0.826. The van der Waals surface area contributed by atoms with Gasteiger partial charge in [-0.05, 0) is 37.5 Å². The maximum atomic E-state index is 9.71. The molecule has 0 bridgehead atoms. The van der Waals surface area contributed by atoms with Gasteiger partial charge in [-0.25, -0.2) is 0 Å². The van der Waals surface area contributed by atoms with E-state index in [0.29, 0.717) is 0 Å². The summed E-state index contributed by atoms with van der Waals surface area (Å²) in [5.74, 6) is 0. The van der Waals surface area contributed by atoms with Crippen molar-refractivity contribution in [2.75, 3.05) is 0 Å². The van der Waals surface area contributed by atoms with E-state index in [4.69, 9.17) is 4.74 Å². The van der Waals surface area contributed by atoms with Gasteiger partial charge in [0, 0.05) is 12.6 Å². The van der Waals surface area contributed by atoms with Crippen LogP contribution in [0.3, 0.4) is 0 Å². The summed E-state index contributed by atoms with van der Waals surface area (Å²) in [7, 11) is 0.